The maximum Gasteiger partial charge on any atom is 0.236 e. The summed E-state index contributed by atoms with van der Waals surface area (Å²) in [6.45, 7) is 11.2. The zero-order chi connectivity index (χ0) is 12.3. The second-order valence-corrected chi connectivity index (χ2v) is 4.97. The maximum atomic E-state index is 11.8. The minimum atomic E-state index is -0.580. The van der Waals surface area contributed by atoms with Gasteiger partial charge in [0.1, 0.15) is 0 Å². The van der Waals surface area contributed by atoms with Crippen LogP contribution in [0.2, 0.25) is 0 Å². The number of likely N-dealkylation sites (N-methyl/N-ethyl adjacent to an activating group) is 1. The Morgan fingerprint density at radius 2 is 1.88 bits per heavy atom. The summed E-state index contributed by atoms with van der Waals surface area (Å²) in [6, 6.07) is 0. The van der Waals surface area contributed by atoms with Crippen LogP contribution in [0.4, 0.5) is 0 Å². The molecule has 1 amide bonds. The van der Waals surface area contributed by atoms with Crippen LogP contribution in [0.5, 0.6) is 0 Å². The molecule has 0 radical (unpaired) electrons. The monoisotopic (exact) mass is 228 g/mol. The Morgan fingerprint density at radius 3 is 2.25 bits per heavy atom. The van der Waals surface area contributed by atoms with E-state index in [2.05, 4.69) is 0 Å². The number of β-amino-alcohol motifs (C(OH)–C–C–N with tert-alkyl or cyclic N) is 1. The lowest BCUT2D eigenvalue weighted by atomic mass is 9.83. The van der Waals surface area contributed by atoms with E-state index in [9.17, 15) is 9.90 Å². The summed E-state index contributed by atoms with van der Waals surface area (Å²) in [6.07, 6.45) is 0. The highest BCUT2D eigenvalue weighted by atomic mass is 16.3. The number of hydrogen-bond acceptors (Lipinski definition) is 3. The zero-order valence-electron chi connectivity index (χ0n) is 10.9. The summed E-state index contributed by atoms with van der Waals surface area (Å²) >= 11 is 0. The van der Waals surface area contributed by atoms with Crippen molar-refractivity contribution < 1.29 is 9.90 Å². The van der Waals surface area contributed by atoms with Gasteiger partial charge in [0.15, 0.2) is 0 Å². The zero-order valence-corrected chi connectivity index (χ0v) is 10.9. The Bertz CT molecular complexity index is 243. The van der Waals surface area contributed by atoms with Crippen molar-refractivity contribution in [2.45, 2.75) is 33.3 Å². The van der Waals surface area contributed by atoms with Crippen LogP contribution in [0.25, 0.3) is 0 Å². The largest absolute Gasteiger partial charge is 0.387 e. The third kappa shape index (κ3) is 2.74. The molecule has 1 rings (SSSR count). The van der Waals surface area contributed by atoms with E-state index in [0.29, 0.717) is 19.6 Å². The smallest absolute Gasteiger partial charge is 0.236 e. The highest BCUT2D eigenvalue weighted by Gasteiger charge is 2.44. The van der Waals surface area contributed by atoms with E-state index in [-0.39, 0.29) is 11.8 Å². The number of carbonyl (C=O) groups is 1. The summed E-state index contributed by atoms with van der Waals surface area (Å²) in [5.74, 6) is 0.420. The molecule has 0 bridgehead atoms. The third-order valence-corrected chi connectivity index (χ3v) is 3.54. The van der Waals surface area contributed by atoms with Crippen LogP contribution in [0.3, 0.4) is 0 Å². The molecule has 1 aliphatic heterocycles. The molecule has 4 nitrogen and oxygen atoms in total. The van der Waals surface area contributed by atoms with Crippen molar-refractivity contribution >= 4 is 5.91 Å². The average Bonchev–Trinajstić information content (AvgIpc) is 2.16. The molecule has 0 aliphatic carbocycles. The van der Waals surface area contributed by atoms with Gasteiger partial charge in [-0.3, -0.25) is 9.69 Å². The number of nitrogens with zero attached hydrogens (tertiary/aromatic N) is 2. The highest BCUT2D eigenvalue weighted by molar-refractivity contribution is 5.78. The van der Waals surface area contributed by atoms with Gasteiger partial charge in [-0.05, 0) is 19.8 Å². The molecule has 4 heteroatoms. The first kappa shape index (κ1) is 13.5. The number of amides is 1. The lowest BCUT2D eigenvalue weighted by Gasteiger charge is -2.49. The fourth-order valence-corrected chi connectivity index (χ4v) is 2.07. The van der Waals surface area contributed by atoms with Crippen molar-refractivity contribution in [3.05, 3.63) is 0 Å². The molecular formula is C12H24N2O2. The third-order valence-electron chi connectivity index (χ3n) is 3.54. The molecule has 16 heavy (non-hydrogen) atoms. The Kier molecular flexibility index (Phi) is 4.33. The van der Waals surface area contributed by atoms with Crippen LogP contribution in [-0.2, 0) is 4.79 Å². The quantitative estimate of drug-likeness (QED) is 0.747. The first-order chi connectivity index (χ1) is 7.42. The standard InChI is InChI=1S/C12H24N2O2/c1-5-14(6-2)11(15)7-13-8-12(16,9-13)10(3)4/h10,16H,5-9H2,1-4H3. The predicted octanol–water partition coefficient (Wildman–Crippen LogP) is 0.557. The van der Waals surface area contributed by atoms with Crippen LogP contribution in [0.1, 0.15) is 27.7 Å². The van der Waals surface area contributed by atoms with Crippen LogP contribution in [0, 0.1) is 5.92 Å². The summed E-state index contributed by atoms with van der Waals surface area (Å²) in [4.78, 5) is 15.6. The topological polar surface area (TPSA) is 43.8 Å². The molecule has 0 aromatic carbocycles. The van der Waals surface area contributed by atoms with Gasteiger partial charge in [0.25, 0.3) is 0 Å². The summed E-state index contributed by atoms with van der Waals surface area (Å²) in [5, 5.41) is 10.1. The minimum Gasteiger partial charge on any atom is -0.387 e. The lowest BCUT2D eigenvalue weighted by molar-refractivity contribution is -0.148. The van der Waals surface area contributed by atoms with Gasteiger partial charge in [-0.2, -0.15) is 0 Å². The van der Waals surface area contributed by atoms with Crippen LogP contribution < -0.4 is 0 Å². The fraction of sp³-hybridized carbons (Fsp3) is 0.917. The van der Waals surface area contributed by atoms with Crippen molar-refractivity contribution in [3.63, 3.8) is 0 Å². The molecule has 0 spiro atoms. The van der Waals surface area contributed by atoms with Gasteiger partial charge in [0, 0.05) is 26.2 Å². The normalized spacial score (nSPS) is 19.6. The molecule has 0 unspecified atom stereocenters. The Labute approximate surface area is 98.2 Å². The molecule has 94 valence electrons. The summed E-state index contributed by atoms with van der Waals surface area (Å²) in [7, 11) is 0. The molecule has 1 fully saturated rings. The molecule has 0 atom stereocenters. The van der Waals surface area contributed by atoms with E-state index in [4.69, 9.17) is 0 Å². The lowest BCUT2D eigenvalue weighted by Crippen LogP contribution is -2.65. The molecule has 1 heterocycles. The number of aliphatic hydroxyl groups is 1. The average molecular weight is 228 g/mol. The van der Waals surface area contributed by atoms with E-state index < -0.39 is 5.60 Å². The number of likely N-dealkylation sites (tertiary alicyclic amines) is 1. The second kappa shape index (κ2) is 5.15. The first-order valence-corrected chi connectivity index (χ1v) is 6.15. The Balaban J connectivity index is 2.35. The molecule has 0 aromatic heterocycles. The van der Waals surface area contributed by atoms with Crippen LogP contribution in [0.15, 0.2) is 0 Å². The van der Waals surface area contributed by atoms with Gasteiger partial charge in [0.2, 0.25) is 5.91 Å². The highest BCUT2D eigenvalue weighted by Crippen LogP contribution is 2.28. The van der Waals surface area contributed by atoms with Crippen LogP contribution >= 0.6 is 0 Å². The van der Waals surface area contributed by atoms with Crippen molar-refractivity contribution in [3.8, 4) is 0 Å². The molecule has 1 aliphatic rings. The Hall–Kier alpha value is -0.610. The van der Waals surface area contributed by atoms with Gasteiger partial charge in [-0.25, -0.2) is 0 Å². The summed E-state index contributed by atoms with van der Waals surface area (Å²) < 4.78 is 0. The summed E-state index contributed by atoms with van der Waals surface area (Å²) in [5.41, 5.74) is -0.580. The molecule has 0 saturated carbocycles. The minimum absolute atomic E-state index is 0.163. The van der Waals surface area contributed by atoms with Crippen molar-refractivity contribution in [1.82, 2.24) is 9.80 Å². The van der Waals surface area contributed by atoms with Gasteiger partial charge in [-0.1, -0.05) is 13.8 Å². The van der Waals surface area contributed by atoms with E-state index >= 15 is 0 Å². The SMILES string of the molecule is CCN(CC)C(=O)CN1CC(O)(C(C)C)C1. The van der Waals surface area contributed by atoms with E-state index in [1.165, 1.54) is 0 Å². The number of hydrogen-bond donors (Lipinski definition) is 1. The Morgan fingerprint density at radius 1 is 1.38 bits per heavy atom. The predicted molar refractivity (Wildman–Crippen MR) is 64.2 cm³/mol. The van der Waals surface area contributed by atoms with Crippen molar-refractivity contribution in [1.29, 1.82) is 0 Å². The molecule has 1 saturated heterocycles. The van der Waals surface area contributed by atoms with E-state index in [1.807, 2.05) is 37.5 Å². The van der Waals surface area contributed by atoms with Gasteiger partial charge in [-0.15, -0.1) is 0 Å². The molecule has 0 aromatic rings. The van der Waals surface area contributed by atoms with Crippen molar-refractivity contribution in [2.75, 3.05) is 32.7 Å². The maximum absolute atomic E-state index is 11.8. The first-order valence-electron chi connectivity index (χ1n) is 6.15. The fourth-order valence-electron chi connectivity index (χ4n) is 2.07. The van der Waals surface area contributed by atoms with Crippen LogP contribution in [-0.4, -0.2) is 59.1 Å². The molecular weight excluding hydrogens is 204 g/mol. The molecule has 1 N–H and O–H groups in total. The van der Waals surface area contributed by atoms with E-state index in [0.717, 1.165) is 13.1 Å². The van der Waals surface area contributed by atoms with Gasteiger partial charge in [0.05, 0.1) is 12.1 Å². The second-order valence-electron chi connectivity index (χ2n) is 4.97. The number of carbonyl (C=O) groups excluding carboxylic acids is 1. The van der Waals surface area contributed by atoms with Crippen molar-refractivity contribution in [2.24, 2.45) is 5.92 Å². The van der Waals surface area contributed by atoms with Gasteiger partial charge < -0.3 is 10.0 Å². The number of rotatable bonds is 5. The van der Waals surface area contributed by atoms with E-state index in [1.54, 1.807) is 0 Å². The van der Waals surface area contributed by atoms with Gasteiger partial charge >= 0.3 is 0 Å².